The summed E-state index contributed by atoms with van der Waals surface area (Å²) in [5.74, 6) is 1.03. The number of aromatic hydroxyl groups is 1. The largest absolute Gasteiger partial charge is 0.508 e. The van der Waals surface area contributed by atoms with E-state index in [1.807, 2.05) is 41.3 Å². The van der Waals surface area contributed by atoms with Gasteiger partial charge in [0.15, 0.2) is 0 Å². The molecule has 0 bridgehead atoms. The molecule has 1 heterocycles. The molecule has 0 radical (unpaired) electrons. The van der Waals surface area contributed by atoms with Gasteiger partial charge >= 0.3 is 0 Å². The van der Waals surface area contributed by atoms with Crippen molar-refractivity contribution >= 4 is 17.3 Å². The molecule has 1 saturated carbocycles. The van der Waals surface area contributed by atoms with E-state index in [-0.39, 0.29) is 11.9 Å². The van der Waals surface area contributed by atoms with Crippen molar-refractivity contribution in [3.05, 3.63) is 54.1 Å². The van der Waals surface area contributed by atoms with Crippen LogP contribution in [0.1, 0.15) is 25.3 Å². The number of nitrogens with zero attached hydrogens (tertiary/aromatic N) is 2. The quantitative estimate of drug-likeness (QED) is 0.940. The summed E-state index contributed by atoms with van der Waals surface area (Å²) >= 11 is 0. The summed E-state index contributed by atoms with van der Waals surface area (Å²) in [6, 6.07) is 15.8. The van der Waals surface area contributed by atoms with Gasteiger partial charge in [-0.2, -0.15) is 0 Å². The van der Waals surface area contributed by atoms with Crippen LogP contribution in [0, 0.1) is 5.92 Å². The molecule has 2 aromatic carbocycles. The van der Waals surface area contributed by atoms with Gasteiger partial charge in [-0.25, -0.2) is 0 Å². The molecule has 24 heavy (non-hydrogen) atoms. The van der Waals surface area contributed by atoms with E-state index in [2.05, 4.69) is 11.0 Å². The predicted molar refractivity (Wildman–Crippen MR) is 95.3 cm³/mol. The van der Waals surface area contributed by atoms with Crippen LogP contribution in [-0.4, -0.2) is 23.6 Å². The van der Waals surface area contributed by atoms with E-state index in [0.29, 0.717) is 18.2 Å². The zero-order valence-corrected chi connectivity index (χ0v) is 13.9. The number of rotatable bonds is 3. The molecule has 124 valence electrons. The highest BCUT2D eigenvalue weighted by molar-refractivity contribution is 5.97. The summed E-state index contributed by atoms with van der Waals surface area (Å²) in [6.45, 7) is 3.12. The second-order valence-electron chi connectivity index (χ2n) is 6.79. The Morgan fingerprint density at radius 1 is 1.08 bits per heavy atom. The third-order valence-electron chi connectivity index (χ3n) is 5.08. The fourth-order valence-corrected chi connectivity index (χ4v) is 3.76. The molecule has 2 aliphatic rings. The third-order valence-corrected chi connectivity index (χ3v) is 5.08. The number of phenolic OH excluding ortho intramolecular Hbond substituents is 1. The van der Waals surface area contributed by atoms with Crippen molar-refractivity contribution in [1.82, 2.24) is 0 Å². The van der Waals surface area contributed by atoms with E-state index in [1.165, 1.54) is 12.8 Å². The topological polar surface area (TPSA) is 43.8 Å². The van der Waals surface area contributed by atoms with Gasteiger partial charge in [0.2, 0.25) is 5.91 Å². The summed E-state index contributed by atoms with van der Waals surface area (Å²) in [5.41, 5.74) is 2.97. The van der Waals surface area contributed by atoms with Crippen molar-refractivity contribution in [3.8, 4) is 5.75 Å². The maximum atomic E-state index is 12.3. The van der Waals surface area contributed by atoms with E-state index >= 15 is 0 Å². The molecule has 4 rings (SSSR count). The lowest BCUT2D eigenvalue weighted by atomic mass is 10.0. The summed E-state index contributed by atoms with van der Waals surface area (Å²) in [5, 5.41) is 10.1. The monoisotopic (exact) mass is 322 g/mol. The minimum absolute atomic E-state index is 0.113. The molecule has 1 aliphatic carbocycles. The number of hydrogen-bond donors (Lipinski definition) is 1. The van der Waals surface area contributed by atoms with Crippen molar-refractivity contribution < 1.29 is 9.90 Å². The van der Waals surface area contributed by atoms with E-state index in [4.69, 9.17) is 0 Å². The second-order valence-corrected chi connectivity index (χ2v) is 6.79. The lowest BCUT2D eigenvalue weighted by molar-refractivity contribution is -0.117. The predicted octanol–water partition coefficient (Wildman–Crippen LogP) is 3.54. The standard InChI is InChI=1S/C20H22N2O2/c1-14(23)22-18-8-4-3-7-17(18)21(13-19(22)15-10-11-15)12-16-6-2-5-9-20(16)24/h2-9,15,19,24H,10-13H2,1H3. The molecule has 1 atom stereocenters. The average molecular weight is 322 g/mol. The molecule has 2 aromatic rings. The van der Waals surface area contributed by atoms with E-state index in [1.54, 1.807) is 13.0 Å². The number of phenols is 1. The Hall–Kier alpha value is -2.49. The number of amides is 1. The smallest absolute Gasteiger partial charge is 0.224 e. The Kier molecular flexibility index (Phi) is 3.68. The first-order valence-corrected chi connectivity index (χ1v) is 8.56. The number of para-hydroxylation sites is 3. The lowest BCUT2D eigenvalue weighted by Crippen LogP contribution is -2.52. The number of benzene rings is 2. The first-order chi connectivity index (χ1) is 11.6. The fraction of sp³-hybridized carbons (Fsp3) is 0.350. The Morgan fingerprint density at radius 2 is 1.75 bits per heavy atom. The summed E-state index contributed by atoms with van der Waals surface area (Å²) in [6.07, 6.45) is 2.39. The van der Waals surface area contributed by atoms with Crippen molar-refractivity contribution in [1.29, 1.82) is 0 Å². The molecule has 0 spiro atoms. The zero-order chi connectivity index (χ0) is 16.7. The van der Waals surface area contributed by atoms with Gasteiger partial charge in [-0.15, -0.1) is 0 Å². The van der Waals surface area contributed by atoms with E-state index in [0.717, 1.165) is 23.5 Å². The van der Waals surface area contributed by atoms with Crippen molar-refractivity contribution in [2.45, 2.75) is 32.4 Å². The molecule has 4 nitrogen and oxygen atoms in total. The Labute approximate surface area is 142 Å². The highest BCUT2D eigenvalue weighted by Gasteiger charge is 2.42. The normalized spacial score (nSPS) is 20.0. The molecule has 1 unspecified atom stereocenters. The minimum atomic E-state index is 0.113. The summed E-state index contributed by atoms with van der Waals surface area (Å²) in [7, 11) is 0. The average Bonchev–Trinajstić information content (AvgIpc) is 3.41. The molecule has 1 fully saturated rings. The van der Waals surface area contributed by atoms with Gasteiger partial charge in [0.25, 0.3) is 0 Å². The number of carbonyl (C=O) groups is 1. The van der Waals surface area contributed by atoms with Gasteiger partial charge in [0.1, 0.15) is 5.75 Å². The van der Waals surface area contributed by atoms with Crippen molar-refractivity contribution in [2.24, 2.45) is 5.92 Å². The van der Waals surface area contributed by atoms with E-state index in [9.17, 15) is 9.90 Å². The van der Waals surface area contributed by atoms with Crippen LogP contribution in [0.5, 0.6) is 5.75 Å². The molecule has 1 N–H and O–H groups in total. The maximum absolute atomic E-state index is 12.3. The van der Waals surface area contributed by atoms with Gasteiger partial charge in [0.05, 0.1) is 17.4 Å². The van der Waals surface area contributed by atoms with Crippen LogP contribution in [0.15, 0.2) is 48.5 Å². The zero-order valence-electron chi connectivity index (χ0n) is 13.9. The molecule has 0 saturated heterocycles. The van der Waals surface area contributed by atoms with Gasteiger partial charge in [-0.1, -0.05) is 30.3 Å². The SMILES string of the molecule is CC(=O)N1c2ccccc2N(Cc2ccccc2O)CC1C1CC1. The highest BCUT2D eigenvalue weighted by Crippen LogP contribution is 2.44. The van der Waals surface area contributed by atoms with Crippen LogP contribution >= 0.6 is 0 Å². The van der Waals surface area contributed by atoms with Crippen molar-refractivity contribution in [3.63, 3.8) is 0 Å². The first-order valence-electron chi connectivity index (χ1n) is 8.56. The molecular formula is C20H22N2O2. The first kappa shape index (κ1) is 15.1. The molecule has 1 aliphatic heterocycles. The van der Waals surface area contributed by atoms with Crippen LogP contribution in [0.4, 0.5) is 11.4 Å². The number of fused-ring (bicyclic) bond motifs is 1. The Balaban J connectivity index is 1.73. The maximum Gasteiger partial charge on any atom is 0.224 e. The van der Waals surface area contributed by atoms with Gasteiger partial charge in [0, 0.05) is 25.6 Å². The van der Waals surface area contributed by atoms with Gasteiger partial charge in [-0.3, -0.25) is 4.79 Å². The molecule has 1 amide bonds. The van der Waals surface area contributed by atoms with E-state index < -0.39 is 0 Å². The second kappa shape index (κ2) is 5.86. The number of hydrogen-bond acceptors (Lipinski definition) is 3. The minimum Gasteiger partial charge on any atom is -0.508 e. The van der Waals surface area contributed by atoms with Crippen molar-refractivity contribution in [2.75, 3.05) is 16.3 Å². The number of anilines is 2. The third kappa shape index (κ3) is 2.62. The van der Waals surface area contributed by atoms with Crippen LogP contribution in [0.25, 0.3) is 0 Å². The van der Waals surface area contributed by atoms with Crippen LogP contribution in [-0.2, 0) is 11.3 Å². The molecule has 4 heteroatoms. The van der Waals surface area contributed by atoms with Gasteiger partial charge < -0.3 is 14.9 Å². The Bertz CT molecular complexity index is 770. The fourth-order valence-electron chi connectivity index (χ4n) is 3.76. The summed E-state index contributed by atoms with van der Waals surface area (Å²) in [4.78, 5) is 16.6. The van der Waals surface area contributed by atoms with Crippen LogP contribution < -0.4 is 9.80 Å². The molecule has 0 aromatic heterocycles. The summed E-state index contributed by atoms with van der Waals surface area (Å²) < 4.78 is 0. The Morgan fingerprint density at radius 3 is 2.42 bits per heavy atom. The van der Waals surface area contributed by atoms with Gasteiger partial charge in [-0.05, 0) is 37.0 Å². The highest BCUT2D eigenvalue weighted by atomic mass is 16.3. The lowest BCUT2D eigenvalue weighted by Gasteiger charge is -2.43. The van der Waals surface area contributed by atoms with Crippen LogP contribution in [0.3, 0.4) is 0 Å². The molecular weight excluding hydrogens is 300 g/mol. The number of carbonyl (C=O) groups excluding carboxylic acids is 1. The van der Waals surface area contributed by atoms with Crippen LogP contribution in [0.2, 0.25) is 0 Å².